The summed E-state index contributed by atoms with van der Waals surface area (Å²) in [6.45, 7) is 2.17. The second-order valence-corrected chi connectivity index (χ2v) is 6.51. The molecule has 0 saturated carbocycles. The molecular formula is C22H23NO4. The third-order valence-electron chi connectivity index (χ3n) is 4.58. The van der Waals surface area contributed by atoms with Crippen molar-refractivity contribution in [2.24, 2.45) is 0 Å². The van der Waals surface area contributed by atoms with Crippen molar-refractivity contribution in [2.75, 3.05) is 13.2 Å². The summed E-state index contributed by atoms with van der Waals surface area (Å²) in [4.78, 5) is 24.9. The van der Waals surface area contributed by atoms with Crippen LogP contribution in [-0.4, -0.2) is 35.2 Å². The van der Waals surface area contributed by atoms with Crippen LogP contribution in [0.2, 0.25) is 0 Å². The van der Waals surface area contributed by atoms with Crippen molar-refractivity contribution >= 4 is 33.6 Å². The zero-order chi connectivity index (χ0) is 19.2. The number of ether oxygens (including phenoxy) is 1. The summed E-state index contributed by atoms with van der Waals surface area (Å²) in [5, 5.41) is 13.7. The largest absolute Gasteiger partial charge is 0.465 e. The predicted octanol–water partition coefficient (Wildman–Crippen LogP) is 4.82. The van der Waals surface area contributed by atoms with Crippen LogP contribution in [0, 0.1) is 0 Å². The van der Waals surface area contributed by atoms with Gasteiger partial charge in [-0.1, -0.05) is 61.9 Å². The minimum Gasteiger partial charge on any atom is -0.465 e. The Balaban J connectivity index is 1.94. The Bertz CT molecular complexity index is 913. The summed E-state index contributed by atoms with van der Waals surface area (Å²) in [5.41, 5.74) is 0.896. The van der Waals surface area contributed by atoms with Gasteiger partial charge in [0.05, 0.1) is 13.2 Å². The second-order valence-electron chi connectivity index (χ2n) is 6.51. The normalized spacial score (nSPS) is 10.9. The van der Waals surface area contributed by atoms with Gasteiger partial charge in [0, 0.05) is 0 Å². The van der Waals surface area contributed by atoms with Crippen molar-refractivity contribution in [1.82, 2.24) is 4.90 Å². The number of carbonyl (C=O) groups is 2. The molecule has 0 fully saturated rings. The summed E-state index contributed by atoms with van der Waals surface area (Å²) < 4.78 is 5.13. The van der Waals surface area contributed by atoms with Crippen LogP contribution >= 0.6 is 0 Å². The number of hydrogen-bond donors (Lipinski definition) is 1. The van der Waals surface area contributed by atoms with E-state index in [1.807, 2.05) is 55.5 Å². The molecule has 0 aromatic heterocycles. The number of rotatable bonds is 7. The van der Waals surface area contributed by atoms with Crippen LogP contribution in [-0.2, 0) is 16.1 Å². The van der Waals surface area contributed by atoms with E-state index < -0.39 is 12.1 Å². The van der Waals surface area contributed by atoms with Gasteiger partial charge in [-0.15, -0.1) is 0 Å². The van der Waals surface area contributed by atoms with E-state index in [-0.39, 0.29) is 13.1 Å². The van der Waals surface area contributed by atoms with E-state index in [2.05, 4.69) is 6.07 Å². The van der Waals surface area contributed by atoms with Gasteiger partial charge in [0.1, 0.15) is 6.54 Å². The van der Waals surface area contributed by atoms with Gasteiger partial charge in [0.2, 0.25) is 0 Å². The first-order valence-corrected chi connectivity index (χ1v) is 9.13. The Morgan fingerprint density at radius 2 is 1.59 bits per heavy atom. The summed E-state index contributed by atoms with van der Waals surface area (Å²) in [6, 6.07) is 17.9. The highest BCUT2D eigenvalue weighted by atomic mass is 16.5. The second kappa shape index (κ2) is 8.54. The van der Waals surface area contributed by atoms with Crippen LogP contribution in [0.15, 0.2) is 54.6 Å². The number of fused-ring (bicyclic) bond motifs is 2. The maximum absolute atomic E-state index is 12.0. The lowest BCUT2D eigenvalue weighted by Crippen LogP contribution is -2.35. The van der Waals surface area contributed by atoms with E-state index >= 15 is 0 Å². The SMILES string of the molecule is CCCCOC(=O)CN(Cc1c2ccccc2cc2ccccc12)C(=O)O. The van der Waals surface area contributed by atoms with Gasteiger partial charge in [0.25, 0.3) is 0 Å². The number of unbranched alkanes of at least 4 members (excludes halogenated alkanes) is 1. The highest BCUT2D eigenvalue weighted by Crippen LogP contribution is 2.29. The van der Waals surface area contributed by atoms with Crippen LogP contribution in [0.1, 0.15) is 25.3 Å². The monoisotopic (exact) mass is 365 g/mol. The summed E-state index contributed by atoms with van der Waals surface area (Å²) >= 11 is 0. The Kier molecular flexibility index (Phi) is 5.91. The Morgan fingerprint density at radius 3 is 2.15 bits per heavy atom. The fourth-order valence-corrected chi connectivity index (χ4v) is 3.19. The molecule has 0 bridgehead atoms. The number of carboxylic acid groups (broad SMARTS) is 1. The van der Waals surface area contributed by atoms with Crippen molar-refractivity contribution in [2.45, 2.75) is 26.3 Å². The van der Waals surface area contributed by atoms with E-state index in [0.29, 0.717) is 6.61 Å². The molecule has 0 atom stereocenters. The van der Waals surface area contributed by atoms with E-state index in [9.17, 15) is 14.7 Å². The molecule has 27 heavy (non-hydrogen) atoms. The van der Waals surface area contributed by atoms with Crippen molar-refractivity contribution in [1.29, 1.82) is 0 Å². The molecule has 1 N–H and O–H groups in total. The molecule has 0 aliphatic carbocycles. The van der Waals surface area contributed by atoms with Gasteiger partial charge in [-0.25, -0.2) is 4.79 Å². The Hall–Kier alpha value is -3.08. The number of hydrogen-bond acceptors (Lipinski definition) is 3. The molecule has 0 unspecified atom stereocenters. The molecular weight excluding hydrogens is 342 g/mol. The lowest BCUT2D eigenvalue weighted by atomic mass is 9.96. The molecule has 0 spiro atoms. The summed E-state index contributed by atoms with van der Waals surface area (Å²) in [5.74, 6) is -0.518. The molecule has 0 radical (unpaired) electrons. The number of carbonyl (C=O) groups excluding carboxylic acids is 1. The third-order valence-corrected chi connectivity index (χ3v) is 4.58. The molecule has 0 aliphatic rings. The van der Waals surface area contributed by atoms with Crippen molar-refractivity contribution in [3.8, 4) is 0 Å². The maximum atomic E-state index is 12.0. The number of benzene rings is 3. The molecule has 5 heteroatoms. The molecule has 3 rings (SSSR count). The Morgan fingerprint density at radius 1 is 1.00 bits per heavy atom. The quantitative estimate of drug-likeness (QED) is 0.370. The number of nitrogens with zero attached hydrogens (tertiary/aromatic N) is 1. The third kappa shape index (κ3) is 4.37. The molecule has 3 aromatic carbocycles. The average Bonchev–Trinajstić information content (AvgIpc) is 2.67. The van der Waals surface area contributed by atoms with Crippen LogP contribution in [0.5, 0.6) is 0 Å². The van der Waals surface area contributed by atoms with Crippen LogP contribution < -0.4 is 0 Å². The molecule has 0 saturated heterocycles. The predicted molar refractivity (Wildman–Crippen MR) is 106 cm³/mol. The van der Waals surface area contributed by atoms with Gasteiger partial charge >= 0.3 is 12.1 Å². The Labute approximate surface area is 158 Å². The molecule has 0 aliphatic heterocycles. The van der Waals surface area contributed by atoms with Gasteiger partial charge in [-0.2, -0.15) is 0 Å². The fraction of sp³-hybridized carbons (Fsp3) is 0.273. The molecule has 0 heterocycles. The van der Waals surface area contributed by atoms with E-state index in [1.54, 1.807) is 0 Å². The first kappa shape index (κ1) is 18.7. The number of esters is 1. The molecule has 140 valence electrons. The smallest absolute Gasteiger partial charge is 0.408 e. The van der Waals surface area contributed by atoms with E-state index in [1.165, 1.54) is 0 Å². The standard InChI is InChI=1S/C22H23NO4/c1-2-3-12-27-21(24)15-23(22(25)26)14-20-18-10-6-4-8-16(18)13-17-9-5-7-11-19(17)20/h4-11,13H,2-3,12,14-15H2,1H3,(H,25,26). The fourth-order valence-electron chi connectivity index (χ4n) is 3.19. The minimum absolute atomic E-state index is 0.125. The van der Waals surface area contributed by atoms with Crippen molar-refractivity contribution in [3.05, 3.63) is 60.2 Å². The van der Waals surface area contributed by atoms with Crippen LogP contribution in [0.25, 0.3) is 21.5 Å². The molecule has 1 amide bonds. The average molecular weight is 365 g/mol. The molecule has 5 nitrogen and oxygen atoms in total. The minimum atomic E-state index is -1.14. The van der Waals surface area contributed by atoms with Gasteiger partial charge < -0.3 is 9.84 Å². The number of amides is 1. The lowest BCUT2D eigenvalue weighted by molar-refractivity contribution is -0.144. The summed E-state index contributed by atoms with van der Waals surface area (Å²) in [6.07, 6.45) is 0.546. The van der Waals surface area contributed by atoms with Crippen LogP contribution in [0.4, 0.5) is 4.79 Å². The zero-order valence-corrected chi connectivity index (χ0v) is 15.4. The van der Waals surface area contributed by atoms with Gasteiger partial charge in [-0.3, -0.25) is 9.69 Å². The zero-order valence-electron chi connectivity index (χ0n) is 15.4. The van der Waals surface area contributed by atoms with Crippen LogP contribution in [0.3, 0.4) is 0 Å². The summed E-state index contributed by atoms with van der Waals surface area (Å²) in [7, 11) is 0. The first-order chi connectivity index (χ1) is 13.1. The van der Waals surface area contributed by atoms with Gasteiger partial charge in [-0.05, 0) is 39.6 Å². The van der Waals surface area contributed by atoms with E-state index in [4.69, 9.17) is 4.74 Å². The van der Waals surface area contributed by atoms with Gasteiger partial charge in [0.15, 0.2) is 0 Å². The first-order valence-electron chi connectivity index (χ1n) is 9.13. The lowest BCUT2D eigenvalue weighted by Gasteiger charge is -2.21. The highest BCUT2D eigenvalue weighted by Gasteiger charge is 2.20. The van der Waals surface area contributed by atoms with Crippen molar-refractivity contribution < 1.29 is 19.4 Å². The topological polar surface area (TPSA) is 66.8 Å². The van der Waals surface area contributed by atoms with Crippen molar-refractivity contribution in [3.63, 3.8) is 0 Å². The molecule has 3 aromatic rings. The highest BCUT2D eigenvalue weighted by molar-refractivity contribution is 6.02. The van der Waals surface area contributed by atoms with E-state index in [0.717, 1.165) is 44.8 Å². The maximum Gasteiger partial charge on any atom is 0.408 e.